The Morgan fingerprint density at radius 3 is 2.40 bits per heavy atom. The Labute approximate surface area is 153 Å². The number of nitrogens with one attached hydrogen (secondary N) is 1. The highest BCUT2D eigenvalue weighted by molar-refractivity contribution is 9.10. The lowest BCUT2D eigenvalue weighted by atomic mass is 10.2. The molecule has 0 spiro atoms. The lowest BCUT2D eigenvalue weighted by Crippen LogP contribution is -2.24. The van der Waals surface area contributed by atoms with Gasteiger partial charge in [0.25, 0.3) is 5.69 Å². The van der Waals surface area contributed by atoms with Crippen LogP contribution in [0.3, 0.4) is 0 Å². The van der Waals surface area contributed by atoms with E-state index in [9.17, 15) is 18.5 Å². The van der Waals surface area contributed by atoms with Crippen LogP contribution >= 0.6 is 15.9 Å². The molecule has 0 atom stereocenters. The van der Waals surface area contributed by atoms with E-state index in [0.29, 0.717) is 11.3 Å². The molecule has 0 aliphatic carbocycles. The summed E-state index contributed by atoms with van der Waals surface area (Å²) in [6, 6.07) is 8.52. The minimum Gasteiger partial charge on any atom is -0.496 e. The van der Waals surface area contributed by atoms with Gasteiger partial charge >= 0.3 is 0 Å². The number of nitro groups is 1. The highest BCUT2D eigenvalue weighted by atomic mass is 79.9. The smallest absolute Gasteiger partial charge is 0.273 e. The molecule has 0 aromatic heterocycles. The molecule has 0 amide bonds. The van der Waals surface area contributed by atoms with Gasteiger partial charge in [-0.3, -0.25) is 10.1 Å². The molecule has 0 bridgehead atoms. The molecule has 2 aromatic carbocycles. The number of hydrogen-bond acceptors (Lipinski definition) is 6. The molecule has 2 aromatic rings. The topological polar surface area (TPSA) is 108 Å². The number of hydrogen-bond donors (Lipinski definition) is 1. The monoisotopic (exact) mass is 430 g/mol. The zero-order chi connectivity index (χ0) is 18.6. The molecular formula is C15H15BrN2O6S. The second kappa shape index (κ2) is 7.81. The molecule has 10 heteroatoms. The number of nitro benzene ring substituents is 1. The van der Waals surface area contributed by atoms with Crippen LogP contribution < -0.4 is 14.2 Å². The minimum atomic E-state index is -3.95. The van der Waals surface area contributed by atoms with Gasteiger partial charge in [-0.1, -0.05) is 15.9 Å². The molecular weight excluding hydrogens is 416 g/mol. The summed E-state index contributed by atoms with van der Waals surface area (Å²) in [5.41, 5.74) is 0.366. The molecule has 0 fully saturated rings. The maximum absolute atomic E-state index is 12.5. The first-order valence-corrected chi connectivity index (χ1v) is 9.20. The van der Waals surface area contributed by atoms with Crippen molar-refractivity contribution in [2.75, 3.05) is 14.2 Å². The van der Waals surface area contributed by atoms with Gasteiger partial charge in [-0.05, 0) is 24.3 Å². The number of benzene rings is 2. The Morgan fingerprint density at radius 2 is 1.80 bits per heavy atom. The Kier molecular flexibility index (Phi) is 5.98. The number of halogens is 1. The highest BCUT2D eigenvalue weighted by Crippen LogP contribution is 2.29. The van der Waals surface area contributed by atoms with Crippen molar-refractivity contribution in [3.05, 3.63) is 56.5 Å². The van der Waals surface area contributed by atoms with Crippen LogP contribution in [0.1, 0.15) is 5.56 Å². The molecule has 0 saturated heterocycles. The molecule has 8 nitrogen and oxygen atoms in total. The van der Waals surface area contributed by atoms with Crippen molar-refractivity contribution in [1.82, 2.24) is 4.72 Å². The number of nitrogens with zero attached hydrogens (tertiary/aromatic N) is 1. The summed E-state index contributed by atoms with van der Waals surface area (Å²) < 4.78 is 38.5. The molecule has 25 heavy (non-hydrogen) atoms. The fourth-order valence-electron chi connectivity index (χ4n) is 2.13. The Balaban J connectivity index is 2.31. The van der Waals surface area contributed by atoms with Crippen LogP contribution in [0, 0.1) is 10.1 Å². The predicted octanol–water partition coefficient (Wildman–Crippen LogP) is 2.85. The number of ether oxygens (including phenoxy) is 2. The summed E-state index contributed by atoms with van der Waals surface area (Å²) >= 11 is 3.32. The van der Waals surface area contributed by atoms with Gasteiger partial charge in [-0.2, -0.15) is 0 Å². The van der Waals surface area contributed by atoms with E-state index in [4.69, 9.17) is 9.47 Å². The second-order valence-electron chi connectivity index (χ2n) is 4.87. The summed E-state index contributed by atoms with van der Waals surface area (Å²) in [5.74, 6) is 0.421. The minimum absolute atomic E-state index is 0.0227. The zero-order valence-corrected chi connectivity index (χ0v) is 15.8. The molecule has 1 N–H and O–H groups in total. The van der Waals surface area contributed by atoms with E-state index in [2.05, 4.69) is 20.7 Å². The maximum atomic E-state index is 12.5. The number of non-ortho nitro benzene ring substituents is 1. The maximum Gasteiger partial charge on any atom is 0.273 e. The lowest BCUT2D eigenvalue weighted by molar-refractivity contribution is -0.385. The summed E-state index contributed by atoms with van der Waals surface area (Å²) in [6.07, 6.45) is 0. The first-order valence-electron chi connectivity index (χ1n) is 6.93. The molecule has 0 aliphatic heterocycles. The lowest BCUT2D eigenvalue weighted by Gasteiger charge is -2.12. The van der Waals surface area contributed by atoms with Crippen molar-refractivity contribution in [2.45, 2.75) is 11.4 Å². The van der Waals surface area contributed by atoms with Crippen LogP contribution in [-0.2, 0) is 16.6 Å². The van der Waals surface area contributed by atoms with Crippen molar-refractivity contribution in [1.29, 1.82) is 0 Å². The summed E-state index contributed by atoms with van der Waals surface area (Å²) in [4.78, 5) is 10.00. The van der Waals surface area contributed by atoms with Crippen molar-refractivity contribution in [3.63, 3.8) is 0 Å². The van der Waals surface area contributed by atoms with Gasteiger partial charge in [0, 0.05) is 22.6 Å². The summed E-state index contributed by atoms with van der Waals surface area (Å²) in [7, 11) is -1.22. The van der Waals surface area contributed by atoms with Crippen LogP contribution in [0.2, 0.25) is 0 Å². The predicted molar refractivity (Wildman–Crippen MR) is 94.4 cm³/mol. The van der Waals surface area contributed by atoms with Gasteiger partial charge in [-0.15, -0.1) is 0 Å². The first-order chi connectivity index (χ1) is 11.8. The Bertz CT molecular complexity index is 901. The number of sulfonamides is 1. The molecule has 2 rings (SSSR count). The van der Waals surface area contributed by atoms with Gasteiger partial charge in [0.15, 0.2) is 0 Å². The van der Waals surface area contributed by atoms with E-state index in [1.165, 1.54) is 14.2 Å². The molecule has 0 aliphatic rings. The SMILES string of the molecule is COc1ccc(Br)cc1CNS(=O)(=O)c1ccc([N+](=O)[O-])cc1OC. The van der Waals surface area contributed by atoms with Crippen LogP contribution in [0.25, 0.3) is 0 Å². The fourth-order valence-corrected chi connectivity index (χ4v) is 3.69. The summed E-state index contributed by atoms with van der Waals surface area (Å²) in [6.45, 7) is -0.0227. The fraction of sp³-hybridized carbons (Fsp3) is 0.200. The molecule has 0 heterocycles. The van der Waals surface area contributed by atoms with E-state index < -0.39 is 14.9 Å². The van der Waals surface area contributed by atoms with E-state index in [0.717, 1.165) is 22.7 Å². The van der Waals surface area contributed by atoms with E-state index >= 15 is 0 Å². The van der Waals surface area contributed by atoms with E-state index in [1.54, 1.807) is 18.2 Å². The average Bonchev–Trinajstić information content (AvgIpc) is 2.59. The zero-order valence-electron chi connectivity index (χ0n) is 13.4. The quantitative estimate of drug-likeness (QED) is 0.534. The van der Waals surface area contributed by atoms with Gasteiger partial charge in [0.05, 0.1) is 25.2 Å². The van der Waals surface area contributed by atoms with Gasteiger partial charge in [0.2, 0.25) is 10.0 Å². The third kappa shape index (κ3) is 4.47. The van der Waals surface area contributed by atoms with Crippen LogP contribution in [0.5, 0.6) is 11.5 Å². The van der Waals surface area contributed by atoms with Gasteiger partial charge in [0.1, 0.15) is 16.4 Å². The number of methoxy groups -OCH3 is 2. The van der Waals surface area contributed by atoms with Crippen LogP contribution in [0.15, 0.2) is 45.8 Å². The third-order valence-electron chi connectivity index (χ3n) is 3.34. The van der Waals surface area contributed by atoms with Gasteiger partial charge in [-0.25, -0.2) is 13.1 Å². The molecule has 0 saturated carbocycles. The van der Waals surface area contributed by atoms with Crippen LogP contribution in [-0.4, -0.2) is 27.6 Å². The first kappa shape index (κ1) is 19.2. The Hall–Kier alpha value is -2.17. The normalized spacial score (nSPS) is 11.2. The highest BCUT2D eigenvalue weighted by Gasteiger charge is 2.22. The molecule has 134 valence electrons. The average molecular weight is 431 g/mol. The number of rotatable bonds is 7. The van der Waals surface area contributed by atoms with Crippen molar-refractivity contribution >= 4 is 31.6 Å². The van der Waals surface area contributed by atoms with Crippen molar-refractivity contribution in [3.8, 4) is 11.5 Å². The van der Waals surface area contributed by atoms with E-state index in [1.807, 2.05) is 0 Å². The Morgan fingerprint density at radius 1 is 1.12 bits per heavy atom. The van der Waals surface area contributed by atoms with Gasteiger partial charge < -0.3 is 9.47 Å². The third-order valence-corrected chi connectivity index (χ3v) is 5.28. The van der Waals surface area contributed by atoms with Crippen molar-refractivity contribution < 1.29 is 22.8 Å². The molecule has 0 unspecified atom stereocenters. The van der Waals surface area contributed by atoms with Crippen LogP contribution in [0.4, 0.5) is 5.69 Å². The standard InChI is InChI=1S/C15H15BrN2O6S/c1-23-13-5-3-11(16)7-10(13)9-17-25(21,22)15-6-4-12(18(19)20)8-14(15)24-2/h3-8,17H,9H2,1-2H3. The van der Waals surface area contributed by atoms with Crippen molar-refractivity contribution in [2.24, 2.45) is 0 Å². The summed E-state index contributed by atoms with van der Waals surface area (Å²) in [5, 5.41) is 10.8. The molecule has 0 radical (unpaired) electrons. The largest absolute Gasteiger partial charge is 0.496 e. The van der Waals surface area contributed by atoms with E-state index in [-0.39, 0.29) is 22.9 Å². The second-order valence-corrected chi connectivity index (χ2v) is 7.52.